The fraction of sp³-hybridized carbons (Fsp3) is 0.250. The van der Waals surface area contributed by atoms with Crippen molar-refractivity contribution in [2.24, 2.45) is 7.05 Å². The molecule has 17 heavy (non-hydrogen) atoms. The van der Waals surface area contributed by atoms with Gasteiger partial charge in [-0.15, -0.1) is 0 Å². The highest BCUT2D eigenvalue weighted by Gasteiger charge is 2.12. The lowest BCUT2D eigenvalue weighted by molar-refractivity contribution is 0.103. The number of ketones is 1. The predicted octanol–water partition coefficient (Wildman–Crippen LogP) is 1.44. The molecule has 88 valence electrons. The van der Waals surface area contributed by atoms with Gasteiger partial charge in [0.25, 0.3) is 0 Å². The van der Waals surface area contributed by atoms with Crippen LogP contribution in [0.4, 0.5) is 0 Å². The van der Waals surface area contributed by atoms with Gasteiger partial charge in [-0.2, -0.15) is 5.10 Å². The van der Waals surface area contributed by atoms with E-state index in [1.54, 1.807) is 36.3 Å². The molecule has 0 aliphatic rings. The van der Waals surface area contributed by atoms with Gasteiger partial charge in [0.2, 0.25) is 5.78 Å². The summed E-state index contributed by atoms with van der Waals surface area (Å²) in [5, 5.41) is 4.06. The third-order valence-electron chi connectivity index (χ3n) is 2.23. The van der Waals surface area contributed by atoms with Crippen molar-refractivity contribution in [3.8, 4) is 5.75 Å². The molecule has 2 rings (SSSR count). The lowest BCUT2D eigenvalue weighted by atomic mass is 10.1. The van der Waals surface area contributed by atoms with Crippen LogP contribution in [0.3, 0.4) is 0 Å². The van der Waals surface area contributed by atoms with E-state index in [1.807, 2.05) is 6.92 Å². The van der Waals surface area contributed by atoms with Crippen LogP contribution in [0.1, 0.15) is 23.0 Å². The van der Waals surface area contributed by atoms with Crippen molar-refractivity contribution in [2.75, 3.05) is 6.61 Å². The van der Waals surface area contributed by atoms with E-state index in [0.717, 1.165) is 0 Å². The molecule has 0 radical (unpaired) electrons. The van der Waals surface area contributed by atoms with Crippen molar-refractivity contribution in [3.05, 3.63) is 42.0 Å². The number of hydrogen-bond donors (Lipinski definition) is 0. The second-order valence-electron chi connectivity index (χ2n) is 3.55. The zero-order valence-electron chi connectivity index (χ0n) is 9.75. The lowest BCUT2D eigenvalue weighted by Gasteiger charge is -2.03. The Kier molecular flexibility index (Phi) is 3.18. The molecule has 2 heterocycles. The van der Waals surface area contributed by atoms with Crippen LogP contribution in [0, 0.1) is 0 Å². The number of carbonyl (C=O) groups is 1. The van der Waals surface area contributed by atoms with Crippen molar-refractivity contribution in [3.63, 3.8) is 0 Å². The standard InChI is InChI=1S/C12H13N3O2/c1-3-17-10-6-9(7-13-8-10)12(16)11-4-5-15(2)14-11/h4-8H,3H2,1-2H3. The molecule has 2 aromatic rings. The number of pyridine rings is 1. The quantitative estimate of drug-likeness (QED) is 0.747. The maximum absolute atomic E-state index is 12.0. The molecule has 0 spiro atoms. The van der Waals surface area contributed by atoms with Crippen molar-refractivity contribution in [2.45, 2.75) is 6.92 Å². The van der Waals surface area contributed by atoms with Crippen LogP contribution in [0.5, 0.6) is 5.75 Å². The van der Waals surface area contributed by atoms with Crippen molar-refractivity contribution in [1.82, 2.24) is 14.8 Å². The zero-order valence-corrected chi connectivity index (χ0v) is 9.75. The zero-order chi connectivity index (χ0) is 12.3. The van der Waals surface area contributed by atoms with Crippen LogP contribution in [-0.2, 0) is 7.05 Å². The first-order valence-corrected chi connectivity index (χ1v) is 5.33. The molecular formula is C12H13N3O2. The largest absolute Gasteiger partial charge is 0.492 e. The monoisotopic (exact) mass is 231 g/mol. The molecule has 0 N–H and O–H groups in total. The number of rotatable bonds is 4. The third kappa shape index (κ3) is 2.50. The predicted molar refractivity (Wildman–Crippen MR) is 62.0 cm³/mol. The number of aryl methyl sites for hydroxylation is 1. The first-order chi connectivity index (χ1) is 8.20. The van der Waals surface area contributed by atoms with Crippen LogP contribution >= 0.6 is 0 Å². The Bertz CT molecular complexity index is 534. The molecule has 0 aliphatic heterocycles. The van der Waals surface area contributed by atoms with Crippen LogP contribution in [0.2, 0.25) is 0 Å². The summed E-state index contributed by atoms with van der Waals surface area (Å²) in [5.74, 6) is 0.439. The Hall–Kier alpha value is -2.17. The normalized spacial score (nSPS) is 10.2. The van der Waals surface area contributed by atoms with Gasteiger partial charge in [0.05, 0.1) is 12.8 Å². The summed E-state index contributed by atoms with van der Waals surface area (Å²) in [5.41, 5.74) is 0.887. The summed E-state index contributed by atoms with van der Waals surface area (Å²) in [6.45, 7) is 2.43. The molecule has 2 aromatic heterocycles. The summed E-state index contributed by atoms with van der Waals surface area (Å²) >= 11 is 0. The minimum Gasteiger partial charge on any atom is -0.492 e. The van der Waals surface area contributed by atoms with E-state index in [1.165, 1.54) is 6.20 Å². The van der Waals surface area contributed by atoms with E-state index in [4.69, 9.17) is 4.74 Å². The van der Waals surface area contributed by atoms with Gasteiger partial charge in [-0.3, -0.25) is 14.5 Å². The van der Waals surface area contributed by atoms with Crippen LogP contribution < -0.4 is 4.74 Å². The Morgan fingerprint density at radius 3 is 2.94 bits per heavy atom. The van der Waals surface area contributed by atoms with Gasteiger partial charge in [0, 0.05) is 25.0 Å². The first kappa shape index (κ1) is 11.3. The van der Waals surface area contributed by atoms with E-state index in [0.29, 0.717) is 23.6 Å². The minimum atomic E-state index is -0.153. The molecule has 0 amide bonds. The van der Waals surface area contributed by atoms with Gasteiger partial charge < -0.3 is 4.74 Å². The molecule has 0 fully saturated rings. The summed E-state index contributed by atoms with van der Waals surface area (Å²) in [6.07, 6.45) is 4.82. The van der Waals surface area contributed by atoms with Gasteiger partial charge in [-0.05, 0) is 19.1 Å². The van der Waals surface area contributed by atoms with Crippen LogP contribution in [0.25, 0.3) is 0 Å². The molecule has 0 saturated carbocycles. The highest BCUT2D eigenvalue weighted by atomic mass is 16.5. The smallest absolute Gasteiger partial charge is 0.214 e. The summed E-state index contributed by atoms with van der Waals surface area (Å²) < 4.78 is 6.89. The number of carbonyl (C=O) groups excluding carboxylic acids is 1. The van der Waals surface area contributed by atoms with E-state index in [-0.39, 0.29) is 5.78 Å². The Morgan fingerprint density at radius 1 is 1.47 bits per heavy atom. The summed E-state index contributed by atoms with van der Waals surface area (Å²) in [4.78, 5) is 16.0. The fourth-order valence-electron chi connectivity index (χ4n) is 1.47. The van der Waals surface area contributed by atoms with Crippen molar-refractivity contribution in [1.29, 1.82) is 0 Å². The number of nitrogens with zero attached hydrogens (tertiary/aromatic N) is 3. The molecule has 5 heteroatoms. The highest BCUT2D eigenvalue weighted by Crippen LogP contribution is 2.14. The van der Waals surface area contributed by atoms with E-state index >= 15 is 0 Å². The fourth-order valence-corrected chi connectivity index (χ4v) is 1.47. The SMILES string of the molecule is CCOc1cncc(C(=O)c2ccn(C)n2)c1. The molecular weight excluding hydrogens is 218 g/mol. The second kappa shape index (κ2) is 4.78. The highest BCUT2D eigenvalue weighted by molar-refractivity contribution is 6.07. The second-order valence-corrected chi connectivity index (χ2v) is 3.55. The number of ether oxygens (including phenoxy) is 1. The van der Waals surface area contributed by atoms with Gasteiger partial charge >= 0.3 is 0 Å². The maximum atomic E-state index is 12.0. The molecule has 0 atom stereocenters. The van der Waals surface area contributed by atoms with Gasteiger partial charge in [-0.25, -0.2) is 0 Å². The number of hydrogen-bond acceptors (Lipinski definition) is 4. The van der Waals surface area contributed by atoms with Crippen LogP contribution in [0.15, 0.2) is 30.7 Å². The Balaban J connectivity index is 2.27. The topological polar surface area (TPSA) is 57.0 Å². The molecule has 5 nitrogen and oxygen atoms in total. The van der Waals surface area contributed by atoms with Gasteiger partial charge in [0.15, 0.2) is 0 Å². The maximum Gasteiger partial charge on any atom is 0.214 e. The first-order valence-electron chi connectivity index (χ1n) is 5.33. The Morgan fingerprint density at radius 2 is 2.29 bits per heavy atom. The van der Waals surface area contributed by atoms with E-state index in [9.17, 15) is 4.79 Å². The third-order valence-corrected chi connectivity index (χ3v) is 2.23. The summed E-state index contributed by atoms with van der Waals surface area (Å²) in [6, 6.07) is 3.35. The van der Waals surface area contributed by atoms with Crippen LogP contribution in [-0.4, -0.2) is 27.2 Å². The molecule has 0 aromatic carbocycles. The molecule has 0 saturated heterocycles. The van der Waals surface area contributed by atoms with E-state index in [2.05, 4.69) is 10.1 Å². The van der Waals surface area contributed by atoms with Crippen molar-refractivity contribution < 1.29 is 9.53 Å². The minimum absolute atomic E-state index is 0.153. The van der Waals surface area contributed by atoms with E-state index < -0.39 is 0 Å². The molecule has 0 aliphatic carbocycles. The number of aromatic nitrogens is 3. The summed E-state index contributed by atoms with van der Waals surface area (Å²) in [7, 11) is 1.77. The van der Waals surface area contributed by atoms with Gasteiger partial charge in [-0.1, -0.05) is 0 Å². The average molecular weight is 231 g/mol. The molecule has 0 unspecified atom stereocenters. The lowest BCUT2D eigenvalue weighted by Crippen LogP contribution is -2.04. The van der Waals surface area contributed by atoms with Gasteiger partial charge in [0.1, 0.15) is 11.4 Å². The molecule has 0 bridgehead atoms. The Labute approximate surface area is 99.1 Å². The average Bonchev–Trinajstić information content (AvgIpc) is 2.76. The van der Waals surface area contributed by atoms with Crippen molar-refractivity contribution >= 4 is 5.78 Å².